The van der Waals surface area contributed by atoms with Crippen LogP contribution >= 0.6 is 0 Å². The summed E-state index contributed by atoms with van der Waals surface area (Å²) >= 11 is 0. The molecule has 7 heteroatoms. The fraction of sp³-hybridized carbons (Fsp3) is 0.0769. The first-order chi connectivity index (χ1) is 9.60. The van der Waals surface area contributed by atoms with E-state index in [2.05, 4.69) is 20.0 Å². The fourth-order valence-corrected chi connectivity index (χ4v) is 1.47. The number of nitrogens with zero attached hydrogens (tertiary/aromatic N) is 2. The molecule has 1 heterocycles. The van der Waals surface area contributed by atoms with E-state index in [0.29, 0.717) is 11.5 Å². The van der Waals surface area contributed by atoms with Crippen LogP contribution in [-0.2, 0) is 4.74 Å². The van der Waals surface area contributed by atoms with E-state index in [9.17, 15) is 9.59 Å². The van der Waals surface area contributed by atoms with Gasteiger partial charge in [0.1, 0.15) is 5.82 Å². The van der Waals surface area contributed by atoms with Crippen LogP contribution in [0.1, 0.15) is 20.8 Å². The van der Waals surface area contributed by atoms with Gasteiger partial charge in [-0.25, -0.2) is 14.6 Å². The highest BCUT2D eigenvalue weighted by molar-refractivity contribution is 5.88. The molecule has 0 aliphatic rings. The van der Waals surface area contributed by atoms with Crippen molar-refractivity contribution >= 4 is 23.4 Å². The molecule has 0 aliphatic carbocycles. The molecular formula is C13H11N3O4. The van der Waals surface area contributed by atoms with Gasteiger partial charge in [-0.2, -0.15) is 0 Å². The minimum Gasteiger partial charge on any atom is -0.478 e. The summed E-state index contributed by atoms with van der Waals surface area (Å²) in [6.45, 7) is 0. The lowest BCUT2D eigenvalue weighted by Crippen LogP contribution is -2.06. The van der Waals surface area contributed by atoms with Crippen LogP contribution in [0.15, 0.2) is 36.7 Å². The third-order valence-corrected chi connectivity index (χ3v) is 2.43. The number of ether oxygens (including phenoxy) is 1. The summed E-state index contributed by atoms with van der Waals surface area (Å²) in [7, 11) is 1.26. The van der Waals surface area contributed by atoms with Gasteiger partial charge in [-0.15, -0.1) is 0 Å². The third kappa shape index (κ3) is 3.08. The molecule has 0 spiro atoms. The van der Waals surface area contributed by atoms with Crippen LogP contribution < -0.4 is 5.32 Å². The molecule has 0 unspecified atom stereocenters. The summed E-state index contributed by atoms with van der Waals surface area (Å²) < 4.78 is 4.55. The van der Waals surface area contributed by atoms with Crippen molar-refractivity contribution < 1.29 is 19.4 Å². The summed E-state index contributed by atoms with van der Waals surface area (Å²) in [5.74, 6) is -1.22. The number of nitrogens with one attached hydrogen (secondary N) is 1. The number of carboxylic acids is 1. The average Bonchev–Trinajstić information content (AvgIpc) is 2.47. The highest BCUT2D eigenvalue weighted by Crippen LogP contribution is 2.15. The summed E-state index contributed by atoms with van der Waals surface area (Å²) in [5, 5.41) is 11.7. The van der Waals surface area contributed by atoms with Gasteiger partial charge in [-0.3, -0.25) is 4.98 Å². The molecule has 0 aliphatic heterocycles. The first-order valence-electron chi connectivity index (χ1n) is 5.61. The number of methoxy groups -OCH3 is 1. The largest absolute Gasteiger partial charge is 0.478 e. The Bertz CT molecular complexity index is 640. The summed E-state index contributed by atoms with van der Waals surface area (Å²) in [5.41, 5.74) is 0.899. The minimum atomic E-state index is -0.996. The number of aromatic carboxylic acids is 1. The van der Waals surface area contributed by atoms with Gasteiger partial charge in [-0.05, 0) is 24.3 Å². The van der Waals surface area contributed by atoms with E-state index in [4.69, 9.17) is 5.11 Å². The molecule has 0 fully saturated rings. The SMILES string of the molecule is COC(=O)c1cncc(Nc2ccc(C(=O)O)cc2)n1. The maximum absolute atomic E-state index is 11.3. The molecule has 0 bridgehead atoms. The van der Waals surface area contributed by atoms with E-state index in [-0.39, 0.29) is 11.3 Å². The van der Waals surface area contributed by atoms with E-state index < -0.39 is 11.9 Å². The number of rotatable bonds is 4. The predicted molar refractivity (Wildman–Crippen MR) is 70.1 cm³/mol. The lowest BCUT2D eigenvalue weighted by Gasteiger charge is -2.06. The van der Waals surface area contributed by atoms with Crippen molar-refractivity contribution in [3.63, 3.8) is 0 Å². The molecule has 102 valence electrons. The van der Waals surface area contributed by atoms with E-state index in [0.717, 1.165) is 0 Å². The smallest absolute Gasteiger partial charge is 0.358 e. The molecule has 0 atom stereocenters. The topological polar surface area (TPSA) is 101 Å². The van der Waals surface area contributed by atoms with Gasteiger partial charge in [0.2, 0.25) is 0 Å². The zero-order valence-corrected chi connectivity index (χ0v) is 10.5. The number of carbonyl (C=O) groups excluding carboxylic acids is 1. The van der Waals surface area contributed by atoms with E-state index in [1.54, 1.807) is 12.1 Å². The van der Waals surface area contributed by atoms with Gasteiger partial charge in [-0.1, -0.05) is 0 Å². The van der Waals surface area contributed by atoms with Crippen molar-refractivity contribution in [1.82, 2.24) is 9.97 Å². The minimum absolute atomic E-state index is 0.0830. The van der Waals surface area contributed by atoms with Crippen LogP contribution in [0, 0.1) is 0 Å². The second kappa shape index (κ2) is 5.79. The maximum atomic E-state index is 11.3. The Morgan fingerprint density at radius 2 is 1.90 bits per heavy atom. The number of carboxylic acid groups (broad SMARTS) is 1. The quantitative estimate of drug-likeness (QED) is 0.817. The second-order valence-corrected chi connectivity index (χ2v) is 3.79. The molecule has 0 amide bonds. The normalized spacial score (nSPS) is 9.85. The standard InChI is InChI=1S/C13H11N3O4/c1-20-13(19)10-6-14-7-11(16-10)15-9-4-2-8(3-5-9)12(17)18/h2-7H,1H3,(H,15,16)(H,17,18). The predicted octanol–water partition coefficient (Wildman–Crippen LogP) is 1.70. The molecule has 0 radical (unpaired) electrons. The molecule has 2 rings (SSSR count). The Balaban J connectivity index is 2.17. The van der Waals surface area contributed by atoms with Crippen LogP contribution in [0.5, 0.6) is 0 Å². The number of hydrogen-bond donors (Lipinski definition) is 2. The Morgan fingerprint density at radius 1 is 1.20 bits per heavy atom. The molecular weight excluding hydrogens is 262 g/mol. The third-order valence-electron chi connectivity index (χ3n) is 2.43. The molecule has 1 aromatic carbocycles. The number of hydrogen-bond acceptors (Lipinski definition) is 6. The highest BCUT2D eigenvalue weighted by Gasteiger charge is 2.09. The first-order valence-corrected chi connectivity index (χ1v) is 5.61. The average molecular weight is 273 g/mol. The van der Waals surface area contributed by atoms with Crippen LogP contribution in [0.3, 0.4) is 0 Å². The van der Waals surface area contributed by atoms with Crippen LogP contribution in [0.4, 0.5) is 11.5 Å². The van der Waals surface area contributed by atoms with E-state index in [1.165, 1.54) is 31.6 Å². The molecule has 20 heavy (non-hydrogen) atoms. The number of esters is 1. The summed E-state index contributed by atoms with van der Waals surface area (Å²) in [4.78, 5) is 30.0. The lowest BCUT2D eigenvalue weighted by molar-refractivity contribution is 0.0592. The van der Waals surface area contributed by atoms with Crippen LogP contribution in [0.25, 0.3) is 0 Å². The van der Waals surface area contributed by atoms with Crippen molar-refractivity contribution in [3.05, 3.63) is 47.9 Å². The summed E-state index contributed by atoms with van der Waals surface area (Å²) in [6.07, 6.45) is 2.74. The molecule has 0 saturated heterocycles. The Morgan fingerprint density at radius 3 is 2.50 bits per heavy atom. The molecule has 7 nitrogen and oxygen atoms in total. The van der Waals surface area contributed by atoms with Crippen LogP contribution in [0.2, 0.25) is 0 Å². The monoisotopic (exact) mass is 273 g/mol. The van der Waals surface area contributed by atoms with Gasteiger partial charge < -0.3 is 15.2 Å². The Kier molecular flexibility index (Phi) is 3.90. The maximum Gasteiger partial charge on any atom is 0.358 e. The zero-order valence-electron chi connectivity index (χ0n) is 10.5. The molecule has 0 saturated carbocycles. The lowest BCUT2D eigenvalue weighted by atomic mass is 10.2. The number of anilines is 2. The van der Waals surface area contributed by atoms with Gasteiger partial charge in [0.05, 0.1) is 25.1 Å². The fourth-order valence-electron chi connectivity index (χ4n) is 1.47. The summed E-state index contributed by atoms with van der Waals surface area (Å²) in [6, 6.07) is 6.11. The second-order valence-electron chi connectivity index (χ2n) is 3.79. The number of aromatic nitrogens is 2. The number of carbonyl (C=O) groups is 2. The van der Waals surface area contributed by atoms with Crippen molar-refractivity contribution in [2.75, 3.05) is 12.4 Å². The van der Waals surface area contributed by atoms with E-state index >= 15 is 0 Å². The molecule has 2 N–H and O–H groups in total. The molecule has 1 aromatic heterocycles. The van der Waals surface area contributed by atoms with Gasteiger partial charge in [0.15, 0.2) is 5.69 Å². The Hall–Kier alpha value is -2.96. The highest BCUT2D eigenvalue weighted by atomic mass is 16.5. The zero-order chi connectivity index (χ0) is 14.5. The first kappa shape index (κ1) is 13.5. The van der Waals surface area contributed by atoms with Crippen molar-refractivity contribution in [1.29, 1.82) is 0 Å². The van der Waals surface area contributed by atoms with Gasteiger partial charge >= 0.3 is 11.9 Å². The van der Waals surface area contributed by atoms with Gasteiger partial charge in [0, 0.05) is 5.69 Å². The Labute approximate surface area is 114 Å². The van der Waals surface area contributed by atoms with E-state index in [1.807, 2.05) is 0 Å². The van der Waals surface area contributed by atoms with Crippen molar-refractivity contribution in [3.8, 4) is 0 Å². The van der Waals surface area contributed by atoms with Gasteiger partial charge in [0.25, 0.3) is 0 Å². The number of benzene rings is 1. The van der Waals surface area contributed by atoms with Crippen molar-refractivity contribution in [2.45, 2.75) is 0 Å². The van der Waals surface area contributed by atoms with Crippen LogP contribution in [-0.4, -0.2) is 34.1 Å². The van der Waals surface area contributed by atoms with Crippen molar-refractivity contribution in [2.24, 2.45) is 0 Å². The molecule has 2 aromatic rings.